The minimum absolute atomic E-state index is 0.260. The first-order valence-electron chi connectivity index (χ1n) is 7.37. The molecule has 0 fully saturated rings. The van der Waals surface area contributed by atoms with Gasteiger partial charge in [0.15, 0.2) is 5.11 Å². The van der Waals surface area contributed by atoms with Gasteiger partial charge in [-0.3, -0.25) is 10.1 Å². The van der Waals surface area contributed by atoms with E-state index in [9.17, 15) is 9.90 Å². The van der Waals surface area contributed by atoms with Crippen molar-refractivity contribution in [2.24, 2.45) is 0 Å². The van der Waals surface area contributed by atoms with Crippen LogP contribution in [-0.2, 0) is 0 Å². The Morgan fingerprint density at radius 2 is 1.61 bits per heavy atom. The zero-order chi connectivity index (χ0) is 16.8. The van der Waals surface area contributed by atoms with Gasteiger partial charge in [-0.25, -0.2) is 0 Å². The van der Waals surface area contributed by atoms with Crippen LogP contribution < -0.4 is 5.32 Å². The molecule has 2 unspecified atom stereocenters. The number of aliphatic hydroxyl groups is 1. The van der Waals surface area contributed by atoms with Gasteiger partial charge in [0, 0.05) is 12.6 Å². The smallest absolute Gasteiger partial charge is 0.257 e. The van der Waals surface area contributed by atoms with Gasteiger partial charge in [-0.1, -0.05) is 48.5 Å². The average molecular weight is 328 g/mol. The molecule has 2 aromatic rings. The van der Waals surface area contributed by atoms with E-state index in [4.69, 9.17) is 12.2 Å². The Morgan fingerprint density at radius 3 is 2.17 bits per heavy atom. The Hall–Kier alpha value is -2.24. The summed E-state index contributed by atoms with van der Waals surface area (Å²) in [4.78, 5) is 13.8. The second-order valence-electron chi connectivity index (χ2n) is 5.33. The predicted octanol–water partition coefficient (Wildman–Crippen LogP) is 2.76. The summed E-state index contributed by atoms with van der Waals surface area (Å²) in [6, 6.07) is 18.0. The van der Waals surface area contributed by atoms with Crippen LogP contribution in [0, 0.1) is 0 Å². The molecule has 0 radical (unpaired) electrons. The van der Waals surface area contributed by atoms with Crippen LogP contribution in [0.5, 0.6) is 0 Å². The first-order valence-corrected chi connectivity index (χ1v) is 7.77. The maximum Gasteiger partial charge on any atom is 0.257 e. The van der Waals surface area contributed by atoms with Crippen molar-refractivity contribution in [1.82, 2.24) is 10.2 Å². The highest BCUT2D eigenvalue weighted by Gasteiger charge is 2.23. The van der Waals surface area contributed by atoms with Crippen molar-refractivity contribution >= 4 is 23.2 Å². The third kappa shape index (κ3) is 4.37. The van der Waals surface area contributed by atoms with E-state index in [1.807, 2.05) is 43.3 Å². The number of nitrogens with zero attached hydrogens (tertiary/aromatic N) is 1. The molecule has 0 saturated carbocycles. The Labute approximate surface area is 141 Å². The van der Waals surface area contributed by atoms with Gasteiger partial charge in [0.2, 0.25) is 0 Å². The number of hydrogen-bond acceptors (Lipinski definition) is 3. The number of carbonyl (C=O) groups is 1. The number of thiocarbonyl (C=S) groups is 1. The fourth-order valence-corrected chi connectivity index (χ4v) is 2.43. The summed E-state index contributed by atoms with van der Waals surface area (Å²) in [6.07, 6.45) is -0.701. The van der Waals surface area contributed by atoms with Crippen LogP contribution in [0.3, 0.4) is 0 Å². The molecule has 0 saturated heterocycles. The normalized spacial score (nSPS) is 13.0. The third-order valence-electron chi connectivity index (χ3n) is 3.79. The zero-order valence-corrected chi connectivity index (χ0v) is 14.0. The summed E-state index contributed by atoms with van der Waals surface area (Å²) in [7, 11) is 1.75. The molecule has 0 aliphatic heterocycles. The summed E-state index contributed by atoms with van der Waals surface area (Å²) in [5.41, 5.74) is 1.35. The maximum absolute atomic E-state index is 12.1. The Morgan fingerprint density at radius 1 is 1.09 bits per heavy atom. The minimum Gasteiger partial charge on any atom is -0.386 e. The monoisotopic (exact) mass is 328 g/mol. The molecule has 2 aromatic carbocycles. The number of rotatable bonds is 4. The average Bonchev–Trinajstić information content (AvgIpc) is 2.61. The minimum atomic E-state index is -0.701. The zero-order valence-electron chi connectivity index (χ0n) is 13.1. The molecule has 0 bridgehead atoms. The van der Waals surface area contributed by atoms with Gasteiger partial charge in [0.25, 0.3) is 5.91 Å². The van der Waals surface area contributed by atoms with Gasteiger partial charge in [0.1, 0.15) is 0 Å². The van der Waals surface area contributed by atoms with Crippen LogP contribution >= 0.6 is 12.2 Å². The molecule has 5 heteroatoms. The van der Waals surface area contributed by atoms with Crippen LogP contribution in [0.4, 0.5) is 0 Å². The van der Waals surface area contributed by atoms with E-state index in [0.717, 1.165) is 5.56 Å². The number of carbonyl (C=O) groups excluding carboxylic acids is 1. The van der Waals surface area contributed by atoms with Crippen LogP contribution in [0.15, 0.2) is 60.7 Å². The molecule has 23 heavy (non-hydrogen) atoms. The van der Waals surface area contributed by atoms with Crippen molar-refractivity contribution in [3.05, 3.63) is 71.8 Å². The van der Waals surface area contributed by atoms with Gasteiger partial charge >= 0.3 is 0 Å². The van der Waals surface area contributed by atoms with Gasteiger partial charge in [0.05, 0.1) is 12.1 Å². The standard InChI is InChI=1S/C18H20N2O2S/c1-13(16(21)14-9-5-3-6-10-14)20(2)18(23)19-17(22)15-11-7-4-8-12-15/h3-13,16,21H,1-2H3,(H,19,22,23). The van der Waals surface area contributed by atoms with Crippen molar-refractivity contribution in [2.75, 3.05) is 7.05 Å². The molecule has 0 spiro atoms. The summed E-state index contributed by atoms with van der Waals surface area (Å²) < 4.78 is 0. The lowest BCUT2D eigenvalue weighted by molar-refractivity contribution is 0.0935. The first kappa shape index (κ1) is 17.1. The second-order valence-corrected chi connectivity index (χ2v) is 5.72. The Kier molecular flexibility index (Phi) is 5.84. The topological polar surface area (TPSA) is 52.6 Å². The molecule has 1 amide bonds. The van der Waals surface area contributed by atoms with Crippen LogP contribution in [-0.4, -0.2) is 34.1 Å². The van der Waals surface area contributed by atoms with E-state index in [1.54, 1.807) is 36.2 Å². The molecular weight excluding hydrogens is 308 g/mol. The van der Waals surface area contributed by atoms with E-state index < -0.39 is 6.10 Å². The number of benzene rings is 2. The highest BCUT2D eigenvalue weighted by atomic mass is 32.1. The van der Waals surface area contributed by atoms with Crippen LogP contribution in [0.2, 0.25) is 0 Å². The molecule has 4 nitrogen and oxygen atoms in total. The highest BCUT2D eigenvalue weighted by Crippen LogP contribution is 2.19. The molecule has 120 valence electrons. The summed E-state index contributed by atoms with van der Waals surface area (Å²) >= 11 is 5.28. The molecule has 2 rings (SSSR count). The number of likely N-dealkylation sites (N-methyl/N-ethyl adjacent to an activating group) is 1. The third-order valence-corrected chi connectivity index (χ3v) is 4.18. The summed E-state index contributed by atoms with van der Waals surface area (Å²) in [5, 5.41) is 13.4. The predicted molar refractivity (Wildman–Crippen MR) is 95.1 cm³/mol. The first-order chi connectivity index (χ1) is 11.0. The molecule has 2 N–H and O–H groups in total. The number of amides is 1. The largest absolute Gasteiger partial charge is 0.386 e. The highest BCUT2D eigenvalue weighted by molar-refractivity contribution is 7.80. The maximum atomic E-state index is 12.1. The lowest BCUT2D eigenvalue weighted by atomic mass is 10.0. The van der Waals surface area contributed by atoms with E-state index in [1.165, 1.54) is 0 Å². The second kappa shape index (κ2) is 7.85. The Balaban J connectivity index is 2.00. The number of aliphatic hydroxyl groups excluding tert-OH is 1. The van der Waals surface area contributed by atoms with E-state index in [0.29, 0.717) is 5.56 Å². The van der Waals surface area contributed by atoms with Crippen LogP contribution in [0.1, 0.15) is 28.9 Å². The van der Waals surface area contributed by atoms with Gasteiger partial charge in [-0.15, -0.1) is 0 Å². The lowest BCUT2D eigenvalue weighted by Crippen LogP contribution is -2.46. The number of hydrogen-bond donors (Lipinski definition) is 2. The lowest BCUT2D eigenvalue weighted by Gasteiger charge is -2.31. The van der Waals surface area contributed by atoms with E-state index >= 15 is 0 Å². The van der Waals surface area contributed by atoms with Gasteiger partial charge in [-0.05, 0) is 36.8 Å². The molecule has 0 aliphatic rings. The summed E-state index contributed by atoms with van der Waals surface area (Å²) in [6.45, 7) is 1.86. The van der Waals surface area contributed by atoms with E-state index in [-0.39, 0.29) is 17.1 Å². The Bertz CT molecular complexity index is 661. The van der Waals surface area contributed by atoms with Gasteiger partial charge < -0.3 is 10.0 Å². The SMILES string of the molecule is CC(C(O)c1ccccc1)N(C)C(=S)NC(=O)c1ccccc1. The van der Waals surface area contributed by atoms with E-state index in [2.05, 4.69) is 5.32 Å². The fraction of sp³-hybridized carbons (Fsp3) is 0.222. The van der Waals surface area contributed by atoms with Crippen molar-refractivity contribution < 1.29 is 9.90 Å². The number of nitrogens with one attached hydrogen (secondary N) is 1. The quantitative estimate of drug-likeness (QED) is 0.848. The molecule has 0 aromatic heterocycles. The summed E-state index contributed by atoms with van der Waals surface area (Å²) in [5.74, 6) is -0.260. The van der Waals surface area contributed by atoms with Crippen LogP contribution in [0.25, 0.3) is 0 Å². The molecular formula is C18H20N2O2S. The van der Waals surface area contributed by atoms with Gasteiger partial charge in [-0.2, -0.15) is 0 Å². The molecule has 2 atom stereocenters. The van der Waals surface area contributed by atoms with Crippen molar-refractivity contribution in [3.63, 3.8) is 0 Å². The van der Waals surface area contributed by atoms with Crippen molar-refractivity contribution in [3.8, 4) is 0 Å². The van der Waals surface area contributed by atoms with Crippen molar-refractivity contribution in [1.29, 1.82) is 0 Å². The van der Waals surface area contributed by atoms with Crippen molar-refractivity contribution in [2.45, 2.75) is 19.1 Å². The molecule has 0 aliphatic carbocycles. The fourth-order valence-electron chi connectivity index (χ4n) is 2.17. The molecule has 0 heterocycles.